The molecule has 2 unspecified atom stereocenters. The molecular formula is C11H17N3OS2. The second kappa shape index (κ2) is 5.91. The van der Waals surface area contributed by atoms with E-state index >= 15 is 0 Å². The Bertz CT molecular complexity index is 394. The van der Waals surface area contributed by atoms with Gasteiger partial charge < -0.3 is 0 Å². The predicted molar refractivity (Wildman–Crippen MR) is 72.6 cm³/mol. The van der Waals surface area contributed by atoms with E-state index in [-0.39, 0.29) is 11.0 Å². The van der Waals surface area contributed by atoms with Crippen LogP contribution >= 0.6 is 23.5 Å². The van der Waals surface area contributed by atoms with Crippen molar-refractivity contribution in [2.75, 3.05) is 11.5 Å². The van der Waals surface area contributed by atoms with Crippen LogP contribution in [0.4, 0.5) is 0 Å². The van der Waals surface area contributed by atoms with E-state index in [9.17, 15) is 4.79 Å². The Morgan fingerprint density at radius 3 is 3.00 bits per heavy atom. The van der Waals surface area contributed by atoms with Crippen LogP contribution in [-0.4, -0.2) is 42.6 Å². The SMILES string of the molecule is CCn1ncnc1CC(=O)C1SCCSC1C. The fourth-order valence-corrected chi connectivity index (χ4v) is 4.67. The molecular weight excluding hydrogens is 254 g/mol. The Hall–Kier alpha value is -0.490. The zero-order valence-electron chi connectivity index (χ0n) is 10.1. The average Bonchev–Trinajstić information content (AvgIpc) is 2.76. The first-order chi connectivity index (χ1) is 8.22. The Morgan fingerprint density at radius 1 is 1.53 bits per heavy atom. The van der Waals surface area contributed by atoms with Gasteiger partial charge in [0, 0.05) is 23.3 Å². The van der Waals surface area contributed by atoms with Crippen LogP contribution in [0.3, 0.4) is 0 Å². The van der Waals surface area contributed by atoms with Crippen molar-refractivity contribution in [2.45, 2.75) is 37.3 Å². The van der Waals surface area contributed by atoms with Gasteiger partial charge in [0.2, 0.25) is 0 Å². The summed E-state index contributed by atoms with van der Waals surface area (Å²) < 4.78 is 1.79. The molecule has 0 radical (unpaired) electrons. The van der Waals surface area contributed by atoms with Gasteiger partial charge in [0.05, 0.1) is 11.7 Å². The molecule has 0 bridgehead atoms. The van der Waals surface area contributed by atoms with Gasteiger partial charge >= 0.3 is 0 Å². The van der Waals surface area contributed by atoms with E-state index in [4.69, 9.17) is 0 Å². The zero-order chi connectivity index (χ0) is 12.3. The maximum Gasteiger partial charge on any atom is 0.154 e. The van der Waals surface area contributed by atoms with Gasteiger partial charge in [0.15, 0.2) is 5.78 Å². The van der Waals surface area contributed by atoms with E-state index in [2.05, 4.69) is 17.0 Å². The first-order valence-corrected chi connectivity index (χ1v) is 7.94. The highest BCUT2D eigenvalue weighted by Gasteiger charge is 2.29. The van der Waals surface area contributed by atoms with E-state index in [1.165, 1.54) is 6.33 Å². The van der Waals surface area contributed by atoms with Crippen molar-refractivity contribution in [3.63, 3.8) is 0 Å². The minimum atomic E-state index is 0.121. The van der Waals surface area contributed by atoms with Gasteiger partial charge in [-0.1, -0.05) is 6.92 Å². The molecule has 94 valence electrons. The van der Waals surface area contributed by atoms with E-state index in [0.717, 1.165) is 23.9 Å². The average molecular weight is 271 g/mol. The third-order valence-electron chi connectivity index (χ3n) is 2.83. The summed E-state index contributed by atoms with van der Waals surface area (Å²) in [6.45, 7) is 4.92. The smallest absolute Gasteiger partial charge is 0.154 e. The summed E-state index contributed by atoms with van der Waals surface area (Å²) in [6, 6.07) is 0. The molecule has 2 rings (SSSR count). The van der Waals surface area contributed by atoms with E-state index in [1.54, 1.807) is 16.4 Å². The number of ketones is 1. The molecule has 4 nitrogen and oxygen atoms in total. The fourth-order valence-electron chi connectivity index (χ4n) is 1.93. The molecule has 0 spiro atoms. The van der Waals surface area contributed by atoms with Crippen molar-refractivity contribution in [1.82, 2.24) is 14.8 Å². The van der Waals surface area contributed by atoms with Gasteiger partial charge in [-0.15, -0.1) is 11.8 Å². The van der Waals surface area contributed by atoms with Crippen LogP contribution in [0.25, 0.3) is 0 Å². The highest BCUT2D eigenvalue weighted by molar-refractivity contribution is 8.07. The lowest BCUT2D eigenvalue weighted by Gasteiger charge is -2.26. The maximum atomic E-state index is 12.2. The topological polar surface area (TPSA) is 47.8 Å². The van der Waals surface area contributed by atoms with Crippen LogP contribution in [0.1, 0.15) is 19.7 Å². The van der Waals surface area contributed by atoms with Gasteiger partial charge in [0.25, 0.3) is 0 Å². The van der Waals surface area contributed by atoms with Crippen LogP contribution < -0.4 is 0 Å². The molecule has 17 heavy (non-hydrogen) atoms. The summed E-state index contributed by atoms with van der Waals surface area (Å²) in [5.74, 6) is 3.31. The van der Waals surface area contributed by atoms with Crippen LogP contribution in [0.15, 0.2) is 6.33 Å². The monoisotopic (exact) mass is 271 g/mol. The number of rotatable bonds is 4. The number of nitrogens with zero attached hydrogens (tertiary/aromatic N) is 3. The molecule has 0 N–H and O–H groups in total. The summed E-state index contributed by atoms with van der Waals surface area (Å²) in [5.41, 5.74) is 0. The molecule has 1 aromatic rings. The van der Waals surface area contributed by atoms with Crippen molar-refractivity contribution in [3.05, 3.63) is 12.2 Å². The third kappa shape index (κ3) is 3.04. The quantitative estimate of drug-likeness (QED) is 0.833. The molecule has 0 amide bonds. The molecule has 1 aliphatic heterocycles. The third-order valence-corrected chi connectivity index (χ3v) is 5.97. The Labute approximate surface area is 110 Å². The Morgan fingerprint density at radius 2 is 2.29 bits per heavy atom. The molecule has 1 aliphatic rings. The van der Waals surface area contributed by atoms with E-state index < -0.39 is 0 Å². The molecule has 1 fully saturated rings. The van der Waals surface area contributed by atoms with Crippen LogP contribution in [0.5, 0.6) is 0 Å². The summed E-state index contributed by atoms with van der Waals surface area (Å²) in [5, 5.41) is 4.63. The number of thioether (sulfide) groups is 2. The molecule has 2 heterocycles. The lowest BCUT2D eigenvalue weighted by molar-refractivity contribution is -0.118. The number of aromatic nitrogens is 3. The number of hydrogen-bond acceptors (Lipinski definition) is 5. The number of aryl methyl sites for hydroxylation is 1. The largest absolute Gasteiger partial charge is 0.298 e. The van der Waals surface area contributed by atoms with Crippen molar-refractivity contribution < 1.29 is 4.79 Å². The van der Waals surface area contributed by atoms with Gasteiger partial charge in [-0.2, -0.15) is 16.9 Å². The van der Waals surface area contributed by atoms with Crippen molar-refractivity contribution >= 4 is 29.3 Å². The Kier molecular flexibility index (Phi) is 4.50. The number of hydrogen-bond donors (Lipinski definition) is 0. The molecule has 1 saturated heterocycles. The second-order valence-corrected chi connectivity index (χ2v) is 6.74. The minimum absolute atomic E-state index is 0.121. The maximum absolute atomic E-state index is 12.2. The lowest BCUT2D eigenvalue weighted by Crippen LogP contribution is -2.32. The predicted octanol–water partition coefficient (Wildman–Crippen LogP) is 1.65. The minimum Gasteiger partial charge on any atom is -0.298 e. The number of Topliss-reactive ketones (excluding diaryl/α,β-unsaturated/α-hetero) is 1. The summed E-state index contributed by atoms with van der Waals surface area (Å²) in [4.78, 5) is 16.4. The molecule has 1 aromatic heterocycles. The van der Waals surface area contributed by atoms with Crippen molar-refractivity contribution in [3.8, 4) is 0 Å². The van der Waals surface area contributed by atoms with Gasteiger partial charge in [-0.25, -0.2) is 9.67 Å². The number of carbonyl (C=O) groups excluding carboxylic acids is 1. The van der Waals surface area contributed by atoms with Crippen LogP contribution in [0.2, 0.25) is 0 Å². The summed E-state index contributed by atoms with van der Waals surface area (Å²) >= 11 is 3.68. The van der Waals surface area contributed by atoms with E-state index in [1.807, 2.05) is 18.7 Å². The first kappa shape index (κ1) is 13.0. The highest BCUT2D eigenvalue weighted by atomic mass is 32.2. The molecule has 2 atom stereocenters. The molecule has 0 aromatic carbocycles. The molecule has 0 aliphatic carbocycles. The van der Waals surface area contributed by atoms with E-state index in [0.29, 0.717) is 11.7 Å². The van der Waals surface area contributed by atoms with Gasteiger partial charge in [-0.05, 0) is 6.92 Å². The van der Waals surface area contributed by atoms with Gasteiger partial charge in [0.1, 0.15) is 12.2 Å². The molecule has 0 saturated carbocycles. The van der Waals surface area contributed by atoms with Crippen LogP contribution in [0, 0.1) is 0 Å². The first-order valence-electron chi connectivity index (χ1n) is 5.85. The lowest BCUT2D eigenvalue weighted by atomic mass is 10.1. The van der Waals surface area contributed by atoms with Crippen molar-refractivity contribution in [2.24, 2.45) is 0 Å². The fraction of sp³-hybridized carbons (Fsp3) is 0.727. The summed E-state index contributed by atoms with van der Waals surface area (Å²) in [6.07, 6.45) is 1.94. The van der Waals surface area contributed by atoms with Crippen LogP contribution in [-0.2, 0) is 17.8 Å². The highest BCUT2D eigenvalue weighted by Crippen LogP contribution is 2.31. The normalized spacial score (nSPS) is 24.8. The number of carbonyl (C=O) groups is 1. The molecule has 6 heteroatoms. The standard InChI is InChI=1S/C11H17N3OS2/c1-3-14-10(12-7-13-14)6-9(15)11-8(2)16-4-5-17-11/h7-8,11H,3-6H2,1-2H3. The zero-order valence-corrected chi connectivity index (χ0v) is 11.8. The van der Waals surface area contributed by atoms with Crippen molar-refractivity contribution in [1.29, 1.82) is 0 Å². The summed E-state index contributed by atoms with van der Waals surface area (Å²) in [7, 11) is 0. The van der Waals surface area contributed by atoms with Gasteiger partial charge in [-0.3, -0.25) is 4.79 Å². The second-order valence-electron chi connectivity index (χ2n) is 4.00. The Balaban J connectivity index is 2.01.